The average Bonchev–Trinajstić information content (AvgIpc) is 3.42. The van der Waals surface area contributed by atoms with Crippen LogP contribution >= 0.6 is 0 Å². The minimum Gasteiger partial charge on any atom is -0.348 e. The Labute approximate surface area is 163 Å². The summed E-state index contributed by atoms with van der Waals surface area (Å²) in [7, 11) is 0. The van der Waals surface area contributed by atoms with Crippen molar-refractivity contribution in [1.29, 1.82) is 0 Å². The van der Waals surface area contributed by atoms with Crippen molar-refractivity contribution in [3.05, 3.63) is 57.1 Å². The van der Waals surface area contributed by atoms with Crippen LogP contribution in [0.2, 0.25) is 0 Å². The second-order valence-electron chi connectivity index (χ2n) is 7.73. The van der Waals surface area contributed by atoms with Crippen molar-refractivity contribution in [3.63, 3.8) is 0 Å². The highest BCUT2D eigenvalue weighted by molar-refractivity contribution is 5.83. The second-order valence-corrected chi connectivity index (χ2v) is 7.73. The van der Waals surface area contributed by atoms with Crippen molar-refractivity contribution in [2.24, 2.45) is 0 Å². The highest BCUT2D eigenvalue weighted by atomic mass is 16.2. The molecule has 0 unspecified atom stereocenters. The summed E-state index contributed by atoms with van der Waals surface area (Å²) in [5, 5.41) is 12.7. The lowest BCUT2D eigenvalue weighted by Gasteiger charge is -2.15. The molecule has 28 heavy (non-hydrogen) atoms. The topological polar surface area (TPSA) is 81.8 Å². The van der Waals surface area contributed by atoms with E-state index in [1.54, 1.807) is 0 Å². The van der Waals surface area contributed by atoms with Crippen LogP contribution in [0.3, 0.4) is 0 Å². The molecule has 1 saturated carbocycles. The minimum atomic E-state index is -0.258. The van der Waals surface area contributed by atoms with Crippen LogP contribution in [0.15, 0.2) is 29.1 Å². The van der Waals surface area contributed by atoms with E-state index in [1.165, 1.54) is 10.2 Å². The van der Waals surface area contributed by atoms with Gasteiger partial charge in [-0.25, -0.2) is 4.68 Å². The molecule has 1 aliphatic carbocycles. The zero-order chi connectivity index (χ0) is 20.0. The highest BCUT2D eigenvalue weighted by Crippen LogP contribution is 2.36. The van der Waals surface area contributed by atoms with Gasteiger partial charge in [0.15, 0.2) is 0 Å². The molecule has 2 heterocycles. The van der Waals surface area contributed by atoms with Gasteiger partial charge in [0.25, 0.3) is 5.56 Å². The number of aromatic nitrogens is 4. The Balaban J connectivity index is 1.60. The number of hydrogen-bond donors (Lipinski definition) is 1. The molecule has 1 aromatic carbocycles. The average molecular weight is 379 g/mol. The summed E-state index contributed by atoms with van der Waals surface area (Å²) in [6.07, 6.45) is 2.07. The first kappa shape index (κ1) is 18.4. The fourth-order valence-corrected chi connectivity index (χ4v) is 3.64. The lowest BCUT2D eigenvalue weighted by Crippen LogP contribution is -2.35. The van der Waals surface area contributed by atoms with Gasteiger partial charge in [-0.15, -0.1) is 0 Å². The van der Waals surface area contributed by atoms with Crippen molar-refractivity contribution in [3.8, 4) is 0 Å². The maximum Gasteiger partial charge on any atom is 0.293 e. The SMILES string of the molecule is Cc1ccc([C@H](C)NC(=O)Cn2nc(C)c3c(C)nn(C4CC4)c3c2=O)cc1. The first-order chi connectivity index (χ1) is 13.3. The summed E-state index contributed by atoms with van der Waals surface area (Å²) >= 11 is 0. The van der Waals surface area contributed by atoms with Crippen molar-refractivity contribution in [2.75, 3.05) is 0 Å². The number of nitrogens with one attached hydrogen (secondary N) is 1. The maximum absolute atomic E-state index is 13.0. The van der Waals surface area contributed by atoms with Crippen molar-refractivity contribution < 1.29 is 4.79 Å². The van der Waals surface area contributed by atoms with E-state index in [-0.39, 0.29) is 30.1 Å². The lowest BCUT2D eigenvalue weighted by molar-refractivity contribution is -0.122. The van der Waals surface area contributed by atoms with Crippen LogP contribution in [0.25, 0.3) is 10.9 Å². The van der Waals surface area contributed by atoms with Gasteiger partial charge in [-0.1, -0.05) is 29.8 Å². The van der Waals surface area contributed by atoms with Gasteiger partial charge in [0.2, 0.25) is 5.91 Å². The van der Waals surface area contributed by atoms with Crippen molar-refractivity contribution in [1.82, 2.24) is 24.9 Å². The maximum atomic E-state index is 13.0. The van der Waals surface area contributed by atoms with Gasteiger partial charge in [-0.05, 0) is 46.1 Å². The zero-order valence-electron chi connectivity index (χ0n) is 16.7. The molecule has 0 spiro atoms. The minimum absolute atomic E-state index is 0.110. The molecule has 2 aromatic heterocycles. The summed E-state index contributed by atoms with van der Waals surface area (Å²) in [6.45, 7) is 7.60. The molecule has 0 bridgehead atoms. The number of carbonyl (C=O) groups is 1. The summed E-state index contributed by atoms with van der Waals surface area (Å²) in [5.41, 5.74) is 4.03. The second kappa shape index (κ2) is 6.89. The predicted molar refractivity (Wildman–Crippen MR) is 107 cm³/mol. The standard InChI is InChI=1S/C21H25N5O2/c1-12-5-7-16(8-6-12)13(2)22-18(27)11-25-21(28)20-19(14(3)23-25)15(4)24-26(20)17-9-10-17/h5-8,13,17H,9-11H2,1-4H3,(H,22,27)/t13-/m0/s1. The first-order valence-corrected chi connectivity index (χ1v) is 9.67. The van der Waals surface area contributed by atoms with Crippen LogP contribution in [-0.4, -0.2) is 25.5 Å². The normalized spacial score (nSPS) is 15.0. The van der Waals surface area contributed by atoms with Crippen LogP contribution in [0.5, 0.6) is 0 Å². The molecule has 0 radical (unpaired) electrons. The molecular formula is C21H25N5O2. The number of carbonyl (C=O) groups excluding carboxylic acids is 1. The largest absolute Gasteiger partial charge is 0.348 e. The number of amides is 1. The molecule has 1 aliphatic rings. The molecule has 0 saturated heterocycles. The molecule has 4 rings (SSSR count). The van der Waals surface area contributed by atoms with Gasteiger partial charge < -0.3 is 5.32 Å². The number of aryl methyl sites for hydroxylation is 3. The van der Waals surface area contributed by atoms with Gasteiger partial charge >= 0.3 is 0 Å². The zero-order valence-corrected chi connectivity index (χ0v) is 16.7. The molecular weight excluding hydrogens is 354 g/mol. The molecule has 146 valence electrons. The number of hydrogen-bond acceptors (Lipinski definition) is 4. The Bertz CT molecular complexity index is 1110. The Kier molecular flexibility index (Phi) is 4.53. The fourth-order valence-electron chi connectivity index (χ4n) is 3.64. The molecule has 3 aromatic rings. The van der Waals surface area contributed by atoms with Crippen LogP contribution in [-0.2, 0) is 11.3 Å². The number of rotatable bonds is 5. The van der Waals surface area contributed by atoms with Crippen LogP contribution in [0.4, 0.5) is 0 Å². The molecule has 1 amide bonds. The summed E-state index contributed by atoms with van der Waals surface area (Å²) < 4.78 is 3.08. The Morgan fingerprint density at radius 3 is 2.43 bits per heavy atom. The van der Waals surface area contributed by atoms with Gasteiger partial charge in [0.1, 0.15) is 12.1 Å². The summed E-state index contributed by atoms with van der Waals surface area (Å²) in [4.78, 5) is 25.6. The van der Waals surface area contributed by atoms with Crippen molar-refractivity contribution >= 4 is 16.8 Å². The summed E-state index contributed by atoms with van der Waals surface area (Å²) in [6, 6.07) is 8.17. The molecule has 7 heteroatoms. The lowest BCUT2D eigenvalue weighted by atomic mass is 10.1. The quantitative estimate of drug-likeness (QED) is 0.739. The number of nitrogens with zero attached hydrogens (tertiary/aromatic N) is 4. The monoisotopic (exact) mass is 379 g/mol. The highest BCUT2D eigenvalue weighted by Gasteiger charge is 2.29. The van der Waals surface area contributed by atoms with Gasteiger partial charge in [0, 0.05) is 0 Å². The molecule has 1 atom stereocenters. The van der Waals surface area contributed by atoms with E-state index in [0.717, 1.165) is 35.2 Å². The fraction of sp³-hybridized carbons (Fsp3) is 0.429. The molecule has 7 nitrogen and oxygen atoms in total. The van der Waals surface area contributed by atoms with E-state index in [4.69, 9.17) is 0 Å². The third-order valence-electron chi connectivity index (χ3n) is 5.30. The molecule has 1 fully saturated rings. The third kappa shape index (κ3) is 3.32. The van der Waals surface area contributed by atoms with E-state index in [0.29, 0.717) is 5.52 Å². The molecule has 1 N–H and O–H groups in total. The van der Waals surface area contributed by atoms with Gasteiger partial charge in [-0.2, -0.15) is 10.2 Å². The van der Waals surface area contributed by atoms with Crippen LogP contribution < -0.4 is 10.9 Å². The molecule has 0 aliphatic heterocycles. The van der Waals surface area contributed by atoms with E-state index >= 15 is 0 Å². The smallest absolute Gasteiger partial charge is 0.293 e. The van der Waals surface area contributed by atoms with E-state index < -0.39 is 0 Å². The number of benzene rings is 1. The van der Waals surface area contributed by atoms with Gasteiger partial charge in [0.05, 0.1) is 28.9 Å². The Hall–Kier alpha value is -2.96. The third-order valence-corrected chi connectivity index (χ3v) is 5.30. The Morgan fingerprint density at radius 1 is 1.14 bits per heavy atom. The van der Waals surface area contributed by atoms with Gasteiger partial charge in [-0.3, -0.25) is 14.3 Å². The van der Waals surface area contributed by atoms with E-state index in [2.05, 4.69) is 15.5 Å². The van der Waals surface area contributed by atoms with Crippen LogP contribution in [0.1, 0.15) is 54.4 Å². The van der Waals surface area contributed by atoms with E-state index in [9.17, 15) is 9.59 Å². The first-order valence-electron chi connectivity index (χ1n) is 9.67. The predicted octanol–water partition coefficient (Wildman–Crippen LogP) is 2.73. The Morgan fingerprint density at radius 2 is 1.79 bits per heavy atom. The van der Waals surface area contributed by atoms with Crippen LogP contribution in [0, 0.1) is 20.8 Å². The van der Waals surface area contributed by atoms with Crippen molar-refractivity contribution in [2.45, 2.75) is 59.2 Å². The summed E-state index contributed by atoms with van der Waals surface area (Å²) in [5.74, 6) is -0.240. The van der Waals surface area contributed by atoms with E-state index in [1.807, 2.05) is 56.6 Å². The number of fused-ring (bicyclic) bond motifs is 1.